The van der Waals surface area contributed by atoms with Crippen LogP contribution in [0.4, 0.5) is 47.3 Å². The van der Waals surface area contributed by atoms with Gasteiger partial charge < -0.3 is 9.80 Å². The first-order valence-electron chi connectivity index (χ1n) is 19.6. The van der Waals surface area contributed by atoms with Crippen LogP contribution in [0.2, 0.25) is 0 Å². The topological polar surface area (TPSA) is 6.48 Å². The highest BCUT2D eigenvalue weighted by Gasteiger charge is 2.47. The first-order valence-corrected chi connectivity index (χ1v) is 19.6. The summed E-state index contributed by atoms with van der Waals surface area (Å²) in [6.07, 6.45) is -4.41. The van der Waals surface area contributed by atoms with E-state index in [4.69, 9.17) is 0 Å². The molecule has 0 heterocycles. The Hall–Kier alpha value is -6.07. The van der Waals surface area contributed by atoms with Crippen LogP contribution in [-0.2, 0) is 17.0 Å². The zero-order valence-electron chi connectivity index (χ0n) is 33.4. The minimum absolute atomic E-state index is 0.307. The Morgan fingerprint density at radius 3 is 1.18 bits per heavy atom. The van der Waals surface area contributed by atoms with Crippen LogP contribution in [0.15, 0.2) is 146 Å². The number of fused-ring (bicyclic) bond motifs is 7. The summed E-state index contributed by atoms with van der Waals surface area (Å²) >= 11 is 0. The normalized spacial score (nSPS) is 14.4. The van der Waals surface area contributed by atoms with E-state index in [1.165, 1.54) is 67.8 Å². The number of para-hydroxylation sites is 2. The molecule has 0 bridgehead atoms. The fraction of sp³-hybridized carbons (Fsp3) is 0.192. The molecular formula is C52H45F3N2. The van der Waals surface area contributed by atoms with Crippen molar-refractivity contribution >= 4 is 34.1 Å². The lowest BCUT2D eigenvalue weighted by Gasteiger charge is -2.32. The van der Waals surface area contributed by atoms with Gasteiger partial charge in [0.15, 0.2) is 0 Å². The molecule has 2 nitrogen and oxygen atoms in total. The van der Waals surface area contributed by atoms with Crippen molar-refractivity contribution < 1.29 is 13.2 Å². The van der Waals surface area contributed by atoms with Crippen LogP contribution in [0.3, 0.4) is 0 Å². The van der Waals surface area contributed by atoms with E-state index in [1.807, 2.05) is 30.3 Å². The SMILES string of the molecule is Cc1ccc(N(c2ccccc2)c2cc(C)c3c(c2)C(C)(C)c2c-3ccc3c2C(C)(C)c2cc(N(c4ccccc4)c4ccc(C(F)(F)F)cc4)cc(C)c2-3)cc1. The van der Waals surface area contributed by atoms with Gasteiger partial charge in [-0.1, -0.05) is 93.9 Å². The summed E-state index contributed by atoms with van der Waals surface area (Å²) in [4.78, 5) is 4.42. The lowest BCUT2D eigenvalue weighted by atomic mass is 9.72. The molecule has 0 atom stereocenters. The monoisotopic (exact) mass is 754 g/mol. The van der Waals surface area contributed by atoms with Crippen molar-refractivity contribution in [1.29, 1.82) is 0 Å². The fourth-order valence-corrected chi connectivity index (χ4v) is 9.62. The molecule has 7 aromatic rings. The number of aryl methyl sites for hydroxylation is 3. The van der Waals surface area contributed by atoms with Gasteiger partial charge in [0.1, 0.15) is 0 Å². The highest BCUT2D eigenvalue weighted by molar-refractivity contribution is 5.95. The van der Waals surface area contributed by atoms with E-state index in [0.717, 1.165) is 34.0 Å². The Bertz CT molecular complexity index is 2670. The summed E-state index contributed by atoms with van der Waals surface area (Å²) in [6.45, 7) is 15.9. The Balaban J connectivity index is 1.18. The number of hydrogen-bond acceptors (Lipinski definition) is 2. The molecule has 9 rings (SSSR count). The molecular weight excluding hydrogens is 710 g/mol. The summed E-state index contributed by atoms with van der Waals surface area (Å²) in [5.74, 6) is 0. The van der Waals surface area contributed by atoms with E-state index in [1.54, 1.807) is 12.1 Å². The number of anilines is 6. The minimum atomic E-state index is -4.41. The molecule has 0 aliphatic heterocycles. The van der Waals surface area contributed by atoms with E-state index in [0.29, 0.717) is 5.69 Å². The van der Waals surface area contributed by atoms with Gasteiger partial charge in [0.05, 0.1) is 5.56 Å². The van der Waals surface area contributed by atoms with E-state index in [2.05, 4.69) is 149 Å². The Labute approximate surface area is 333 Å². The predicted molar refractivity (Wildman–Crippen MR) is 230 cm³/mol. The number of rotatable bonds is 6. The molecule has 0 spiro atoms. The second kappa shape index (κ2) is 13.0. The van der Waals surface area contributed by atoms with E-state index in [-0.39, 0.29) is 10.8 Å². The number of benzene rings is 7. The molecule has 284 valence electrons. The van der Waals surface area contributed by atoms with Crippen molar-refractivity contribution in [3.8, 4) is 22.3 Å². The lowest BCUT2D eigenvalue weighted by Crippen LogP contribution is -2.24. The van der Waals surface area contributed by atoms with Gasteiger partial charge >= 0.3 is 6.18 Å². The Morgan fingerprint density at radius 2 is 0.789 bits per heavy atom. The van der Waals surface area contributed by atoms with Crippen molar-refractivity contribution in [2.75, 3.05) is 9.80 Å². The van der Waals surface area contributed by atoms with Crippen molar-refractivity contribution in [2.45, 2.75) is 65.5 Å². The number of hydrogen-bond donors (Lipinski definition) is 0. The molecule has 57 heavy (non-hydrogen) atoms. The van der Waals surface area contributed by atoms with Gasteiger partial charge in [0.25, 0.3) is 0 Å². The molecule has 0 aromatic heterocycles. The van der Waals surface area contributed by atoms with Gasteiger partial charge in [-0.2, -0.15) is 13.2 Å². The van der Waals surface area contributed by atoms with E-state index < -0.39 is 11.7 Å². The second-order valence-electron chi connectivity index (χ2n) is 16.8. The van der Waals surface area contributed by atoms with Crippen LogP contribution < -0.4 is 9.80 Å². The molecule has 0 saturated carbocycles. The number of halogens is 3. The molecule has 0 radical (unpaired) electrons. The third-order valence-corrected chi connectivity index (χ3v) is 12.3. The molecule has 2 aliphatic carbocycles. The van der Waals surface area contributed by atoms with Crippen LogP contribution in [0, 0.1) is 20.8 Å². The van der Waals surface area contributed by atoms with Crippen LogP contribution >= 0.6 is 0 Å². The minimum Gasteiger partial charge on any atom is -0.310 e. The molecule has 0 amide bonds. The quantitative estimate of drug-likeness (QED) is 0.167. The zero-order valence-corrected chi connectivity index (χ0v) is 33.4. The smallest absolute Gasteiger partial charge is 0.310 e. The summed E-state index contributed by atoms with van der Waals surface area (Å²) < 4.78 is 40.9. The summed E-state index contributed by atoms with van der Waals surface area (Å²) in [5.41, 5.74) is 18.4. The largest absolute Gasteiger partial charge is 0.416 e. The fourth-order valence-electron chi connectivity index (χ4n) is 9.62. The maximum atomic E-state index is 13.6. The van der Waals surface area contributed by atoms with Gasteiger partial charge in [0, 0.05) is 45.0 Å². The summed E-state index contributed by atoms with van der Waals surface area (Å²) in [6, 6.07) is 48.5. The highest BCUT2D eigenvalue weighted by Crippen LogP contribution is 2.61. The highest BCUT2D eigenvalue weighted by atomic mass is 19.4. The van der Waals surface area contributed by atoms with Crippen molar-refractivity contribution in [3.05, 3.63) is 190 Å². The van der Waals surface area contributed by atoms with Crippen LogP contribution in [0.5, 0.6) is 0 Å². The molecule has 2 aliphatic rings. The van der Waals surface area contributed by atoms with Crippen LogP contribution in [0.1, 0.15) is 72.2 Å². The Morgan fingerprint density at radius 1 is 0.421 bits per heavy atom. The van der Waals surface area contributed by atoms with Gasteiger partial charge in [-0.05, 0) is 161 Å². The average molecular weight is 755 g/mol. The van der Waals surface area contributed by atoms with Crippen LogP contribution in [-0.4, -0.2) is 0 Å². The van der Waals surface area contributed by atoms with Crippen molar-refractivity contribution in [3.63, 3.8) is 0 Å². The number of alkyl halides is 3. The maximum absolute atomic E-state index is 13.6. The maximum Gasteiger partial charge on any atom is 0.416 e. The van der Waals surface area contributed by atoms with Crippen LogP contribution in [0.25, 0.3) is 22.3 Å². The predicted octanol–water partition coefficient (Wildman–Crippen LogP) is 15.2. The molecule has 0 saturated heterocycles. The van der Waals surface area contributed by atoms with Crippen molar-refractivity contribution in [1.82, 2.24) is 0 Å². The lowest BCUT2D eigenvalue weighted by molar-refractivity contribution is -0.137. The zero-order chi connectivity index (χ0) is 40.0. The van der Waals surface area contributed by atoms with E-state index in [9.17, 15) is 13.2 Å². The molecule has 0 N–H and O–H groups in total. The van der Waals surface area contributed by atoms with Gasteiger partial charge in [-0.3, -0.25) is 0 Å². The standard InChI is InChI=1S/C52H45F3N2/c1-32-18-22-38(23-19-32)56(36-14-10-8-11-15-36)40-28-33(2)46-42-26-27-43-47-34(3)29-41(31-45(47)51(6,7)49(43)48(42)50(4,5)44(46)30-40)57(37-16-12-9-13-17-37)39-24-20-35(21-25-39)52(53,54)55/h8-31H,1-7H3. The first-order chi connectivity index (χ1) is 27.2. The molecule has 0 unspecified atom stereocenters. The average Bonchev–Trinajstić information content (AvgIpc) is 3.56. The number of nitrogens with zero attached hydrogens (tertiary/aromatic N) is 2. The molecule has 0 fully saturated rings. The van der Waals surface area contributed by atoms with Gasteiger partial charge in [-0.25, -0.2) is 0 Å². The Kier molecular flexibility index (Phi) is 8.33. The summed E-state index contributed by atoms with van der Waals surface area (Å²) in [5, 5.41) is 0. The first kappa shape index (κ1) is 36.6. The third kappa shape index (κ3) is 5.78. The molecule has 5 heteroatoms. The van der Waals surface area contributed by atoms with E-state index >= 15 is 0 Å². The third-order valence-electron chi connectivity index (χ3n) is 12.3. The van der Waals surface area contributed by atoms with Gasteiger partial charge in [-0.15, -0.1) is 0 Å². The summed E-state index contributed by atoms with van der Waals surface area (Å²) in [7, 11) is 0. The van der Waals surface area contributed by atoms with Crippen molar-refractivity contribution in [2.24, 2.45) is 0 Å². The molecule has 7 aromatic carbocycles. The second-order valence-corrected chi connectivity index (χ2v) is 16.8. The van der Waals surface area contributed by atoms with Gasteiger partial charge in [0.2, 0.25) is 0 Å².